The quantitative estimate of drug-likeness (QED) is 0.734. The highest BCUT2D eigenvalue weighted by Crippen LogP contribution is 2.62. The third-order valence-corrected chi connectivity index (χ3v) is 7.45. The Morgan fingerprint density at radius 1 is 1.20 bits per heavy atom. The Morgan fingerprint density at radius 3 is 2.44 bits per heavy atom. The van der Waals surface area contributed by atoms with E-state index >= 15 is 0 Å². The average Bonchev–Trinajstić information content (AvgIpc) is 2.58. The van der Waals surface area contributed by atoms with Gasteiger partial charge in [0.1, 0.15) is 5.78 Å². The van der Waals surface area contributed by atoms with Crippen LogP contribution in [0.4, 0.5) is 0 Å². The van der Waals surface area contributed by atoms with E-state index in [1.807, 2.05) is 13.8 Å². The van der Waals surface area contributed by atoms with Crippen molar-refractivity contribution in [1.29, 1.82) is 0 Å². The minimum atomic E-state index is -0.442. The number of rotatable bonds is 6. The van der Waals surface area contributed by atoms with Gasteiger partial charge in [-0.15, -0.1) is 0 Å². The highest BCUT2D eigenvalue weighted by molar-refractivity contribution is 5.80. The normalized spacial score (nSPS) is 38.3. The molecule has 4 nitrogen and oxygen atoms in total. The van der Waals surface area contributed by atoms with Crippen LogP contribution in [0, 0.1) is 34.5 Å². The second-order valence-electron chi connectivity index (χ2n) is 9.11. The number of aliphatic hydroxyl groups is 1. The second kappa shape index (κ2) is 7.77. The number of fused-ring (bicyclic) bond motifs is 1. The van der Waals surface area contributed by atoms with E-state index in [0.717, 1.165) is 38.5 Å². The summed E-state index contributed by atoms with van der Waals surface area (Å²) in [6.07, 6.45) is 6.25. The van der Waals surface area contributed by atoms with Crippen LogP contribution < -0.4 is 0 Å². The Kier molecular flexibility index (Phi) is 6.35. The molecule has 0 aromatic rings. The molecule has 0 aromatic heterocycles. The Balaban J connectivity index is 2.29. The molecular formula is C21H36O4. The Morgan fingerprint density at radius 2 is 1.88 bits per heavy atom. The number of aliphatic hydroxyl groups excluding tert-OH is 1. The SMILES string of the molecule is COC(=O)[C@]1(C)CCC[C@@]2(C)[C@H]1CC[C@H](CO)[C@@H]2CCC(=O)C(C)C. The molecule has 0 radical (unpaired) electrons. The zero-order valence-corrected chi connectivity index (χ0v) is 16.6. The van der Waals surface area contributed by atoms with Crippen molar-refractivity contribution in [2.75, 3.05) is 13.7 Å². The van der Waals surface area contributed by atoms with E-state index in [2.05, 4.69) is 13.8 Å². The summed E-state index contributed by atoms with van der Waals surface area (Å²) in [5, 5.41) is 9.95. The van der Waals surface area contributed by atoms with Gasteiger partial charge in [0.25, 0.3) is 0 Å². The smallest absolute Gasteiger partial charge is 0.311 e. The lowest BCUT2D eigenvalue weighted by molar-refractivity contribution is -0.175. The van der Waals surface area contributed by atoms with Gasteiger partial charge in [-0.3, -0.25) is 9.59 Å². The van der Waals surface area contributed by atoms with Crippen LogP contribution in [-0.2, 0) is 14.3 Å². The molecule has 0 aliphatic heterocycles. The maximum Gasteiger partial charge on any atom is 0.311 e. The summed E-state index contributed by atoms with van der Waals surface area (Å²) in [6.45, 7) is 8.44. The fourth-order valence-electron chi connectivity index (χ4n) is 5.97. The molecule has 0 heterocycles. The first-order valence-corrected chi connectivity index (χ1v) is 9.92. The van der Waals surface area contributed by atoms with Crippen molar-refractivity contribution in [3.8, 4) is 0 Å². The topological polar surface area (TPSA) is 63.6 Å². The standard InChI is InChI=1S/C21H36O4/c1-14(2)17(23)9-8-16-15(13-22)7-10-18-20(16,3)11-6-12-21(18,4)19(24)25-5/h14-16,18,22H,6-13H2,1-5H3/t15-,16+,18-,20-,21-/m1/s1. The number of ketones is 1. The molecule has 25 heavy (non-hydrogen) atoms. The van der Waals surface area contributed by atoms with E-state index in [4.69, 9.17) is 4.74 Å². The molecule has 2 rings (SSSR count). The number of ether oxygens (including phenoxy) is 1. The van der Waals surface area contributed by atoms with Crippen molar-refractivity contribution in [3.05, 3.63) is 0 Å². The van der Waals surface area contributed by atoms with Gasteiger partial charge in [0.15, 0.2) is 0 Å². The Bertz CT molecular complexity index is 500. The van der Waals surface area contributed by atoms with Gasteiger partial charge in [0, 0.05) is 18.9 Å². The van der Waals surface area contributed by atoms with Gasteiger partial charge in [-0.1, -0.05) is 27.2 Å². The van der Waals surface area contributed by atoms with E-state index in [9.17, 15) is 14.7 Å². The zero-order chi connectivity index (χ0) is 18.8. The molecule has 0 spiro atoms. The summed E-state index contributed by atoms with van der Waals surface area (Å²) in [4.78, 5) is 24.8. The molecule has 2 fully saturated rings. The molecule has 5 atom stereocenters. The van der Waals surface area contributed by atoms with Crippen molar-refractivity contribution in [1.82, 2.24) is 0 Å². The predicted octanol–water partition coefficient (Wildman–Crippen LogP) is 4.00. The minimum absolute atomic E-state index is 0.00983. The predicted molar refractivity (Wildman–Crippen MR) is 97.9 cm³/mol. The number of carbonyl (C=O) groups excluding carboxylic acids is 2. The van der Waals surface area contributed by atoms with Crippen LogP contribution in [0.3, 0.4) is 0 Å². The van der Waals surface area contributed by atoms with Gasteiger partial charge < -0.3 is 9.84 Å². The number of Topliss-reactive ketones (excluding diaryl/α,β-unsaturated/α-hetero) is 1. The van der Waals surface area contributed by atoms with Crippen molar-refractivity contribution < 1.29 is 19.4 Å². The first-order chi connectivity index (χ1) is 11.7. The molecule has 144 valence electrons. The van der Waals surface area contributed by atoms with Crippen molar-refractivity contribution in [2.24, 2.45) is 34.5 Å². The van der Waals surface area contributed by atoms with Gasteiger partial charge in [-0.25, -0.2) is 0 Å². The van der Waals surface area contributed by atoms with Crippen LogP contribution in [0.1, 0.15) is 72.6 Å². The first kappa shape index (κ1) is 20.4. The molecule has 4 heteroatoms. The van der Waals surface area contributed by atoms with Crippen molar-refractivity contribution in [3.63, 3.8) is 0 Å². The number of hydrogen-bond donors (Lipinski definition) is 1. The fraction of sp³-hybridized carbons (Fsp3) is 0.905. The number of methoxy groups -OCH3 is 1. The lowest BCUT2D eigenvalue weighted by atomic mass is 9.45. The molecule has 2 aliphatic rings. The van der Waals surface area contributed by atoms with Gasteiger partial charge in [0.05, 0.1) is 12.5 Å². The summed E-state index contributed by atoms with van der Waals surface area (Å²) in [6, 6.07) is 0. The van der Waals surface area contributed by atoms with Crippen LogP contribution in [0.2, 0.25) is 0 Å². The first-order valence-electron chi connectivity index (χ1n) is 9.92. The Labute approximate surface area is 152 Å². The average molecular weight is 353 g/mol. The van der Waals surface area contributed by atoms with E-state index in [-0.39, 0.29) is 35.7 Å². The largest absolute Gasteiger partial charge is 0.469 e. The molecule has 1 N–H and O–H groups in total. The zero-order valence-electron chi connectivity index (χ0n) is 16.6. The molecule has 0 aromatic carbocycles. The molecule has 0 saturated heterocycles. The van der Waals surface area contributed by atoms with E-state index < -0.39 is 5.41 Å². The monoisotopic (exact) mass is 352 g/mol. The molecule has 0 bridgehead atoms. The number of esters is 1. The lowest BCUT2D eigenvalue weighted by Crippen LogP contribution is -2.55. The summed E-state index contributed by atoms with van der Waals surface area (Å²) >= 11 is 0. The summed E-state index contributed by atoms with van der Waals surface area (Å²) in [7, 11) is 1.48. The van der Waals surface area contributed by atoms with E-state index in [1.165, 1.54) is 7.11 Å². The molecule has 2 saturated carbocycles. The number of carbonyl (C=O) groups is 2. The van der Waals surface area contributed by atoms with E-state index in [0.29, 0.717) is 18.1 Å². The van der Waals surface area contributed by atoms with Crippen molar-refractivity contribution >= 4 is 11.8 Å². The van der Waals surface area contributed by atoms with Crippen LogP contribution in [-0.4, -0.2) is 30.6 Å². The highest BCUT2D eigenvalue weighted by atomic mass is 16.5. The fourth-order valence-corrected chi connectivity index (χ4v) is 5.97. The maximum atomic E-state index is 12.6. The molecule has 0 amide bonds. The second-order valence-corrected chi connectivity index (χ2v) is 9.11. The van der Waals surface area contributed by atoms with Crippen molar-refractivity contribution in [2.45, 2.75) is 72.6 Å². The number of hydrogen-bond acceptors (Lipinski definition) is 4. The summed E-state index contributed by atoms with van der Waals surface area (Å²) in [5.74, 6) is 1.07. The van der Waals surface area contributed by atoms with Crippen LogP contribution >= 0.6 is 0 Å². The van der Waals surface area contributed by atoms with Gasteiger partial charge >= 0.3 is 5.97 Å². The third-order valence-electron chi connectivity index (χ3n) is 7.45. The van der Waals surface area contributed by atoms with Crippen LogP contribution in [0.15, 0.2) is 0 Å². The van der Waals surface area contributed by atoms with E-state index in [1.54, 1.807) is 0 Å². The minimum Gasteiger partial charge on any atom is -0.469 e. The highest BCUT2D eigenvalue weighted by Gasteiger charge is 2.58. The lowest BCUT2D eigenvalue weighted by Gasteiger charge is -2.59. The molecule has 0 unspecified atom stereocenters. The van der Waals surface area contributed by atoms with Gasteiger partial charge in [-0.2, -0.15) is 0 Å². The molecule has 2 aliphatic carbocycles. The van der Waals surface area contributed by atoms with Crippen LogP contribution in [0.5, 0.6) is 0 Å². The third kappa shape index (κ3) is 3.65. The Hall–Kier alpha value is -0.900. The summed E-state index contributed by atoms with van der Waals surface area (Å²) < 4.78 is 5.16. The molecular weight excluding hydrogens is 316 g/mol. The maximum absolute atomic E-state index is 12.6. The van der Waals surface area contributed by atoms with Gasteiger partial charge in [-0.05, 0) is 62.2 Å². The van der Waals surface area contributed by atoms with Crippen LogP contribution in [0.25, 0.3) is 0 Å². The summed E-state index contributed by atoms with van der Waals surface area (Å²) in [5.41, 5.74) is -0.452. The van der Waals surface area contributed by atoms with Gasteiger partial charge in [0.2, 0.25) is 0 Å².